The zero-order valence-electron chi connectivity index (χ0n) is 28.9. The molecular formula is C34H52FN6O7P. The average molecular weight is 707 g/mol. The van der Waals surface area contributed by atoms with Crippen molar-refractivity contribution in [1.29, 1.82) is 0 Å². The minimum atomic E-state index is -4.22. The summed E-state index contributed by atoms with van der Waals surface area (Å²) in [5.41, 5.74) is 4.69. The second kappa shape index (κ2) is 18.7. The van der Waals surface area contributed by atoms with Gasteiger partial charge in [-0.15, -0.1) is 0 Å². The molecule has 3 aromatic rings. The number of unbranched alkanes of at least 4 members (excludes halogenated alkanes) is 11. The Bertz CT molecular complexity index is 1510. The number of para-hydroxylation sites is 1. The van der Waals surface area contributed by atoms with E-state index in [4.69, 9.17) is 24.3 Å². The van der Waals surface area contributed by atoms with Crippen molar-refractivity contribution in [1.82, 2.24) is 24.6 Å². The second-order valence-electron chi connectivity index (χ2n) is 12.9. The summed E-state index contributed by atoms with van der Waals surface area (Å²) in [5.74, 6) is -0.472. The molecule has 0 spiro atoms. The molecule has 0 radical (unpaired) electrons. The Hall–Kier alpha value is -3.16. The van der Waals surface area contributed by atoms with E-state index in [1.54, 1.807) is 37.3 Å². The number of anilines is 1. The number of imidazole rings is 1. The standard InChI is InChI=1S/C34H52FN6O7P/c1-4-5-6-7-8-9-10-11-12-13-14-18-21-45-32(43)25(2)40-49(44,48-26-19-16-15-17-20-26)46-23-34(3)27(42)22-28(47-34)41-24-37-29-30(36)38-33(35)39-31(29)41/h15-17,19-20,24-25,27-28,42H,4-14,18,21-23H2,1-3H3,(H,40,44)(H2,36,38,39)/t25-,27-,28+,34+,49?/m0/s1. The molecule has 0 aliphatic carbocycles. The number of nitrogen functional groups attached to an aromatic ring is 1. The summed E-state index contributed by atoms with van der Waals surface area (Å²) >= 11 is 0. The number of nitrogens with one attached hydrogen (secondary N) is 1. The number of aliphatic hydroxyl groups excluding tert-OH is 1. The fraction of sp³-hybridized carbons (Fsp3) is 0.647. The Morgan fingerprint density at radius 1 is 1.10 bits per heavy atom. The number of carbonyl (C=O) groups is 1. The van der Waals surface area contributed by atoms with Crippen molar-refractivity contribution in [3.05, 3.63) is 42.7 Å². The van der Waals surface area contributed by atoms with Crippen LogP contribution in [0.5, 0.6) is 5.75 Å². The van der Waals surface area contributed by atoms with Crippen LogP contribution in [0.2, 0.25) is 0 Å². The van der Waals surface area contributed by atoms with Gasteiger partial charge in [-0.1, -0.05) is 95.8 Å². The first-order valence-corrected chi connectivity index (χ1v) is 19.0. The summed E-state index contributed by atoms with van der Waals surface area (Å²) in [5, 5.41) is 13.7. The van der Waals surface area contributed by atoms with E-state index in [1.165, 1.54) is 75.6 Å². The summed E-state index contributed by atoms with van der Waals surface area (Å²) in [6.07, 6.45) is 12.9. The van der Waals surface area contributed by atoms with Gasteiger partial charge in [-0.25, -0.2) is 9.55 Å². The van der Waals surface area contributed by atoms with Crippen LogP contribution in [-0.2, 0) is 23.4 Å². The first-order chi connectivity index (χ1) is 23.5. The SMILES string of the molecule is CCCCCCCCCCCCCCOC(=O)[C@H](C)NP(=O)(OC[C@@]1(C)O[C@@H](n2cnc3c(N)nc(F)nc32)C[C@@H]1O)Oc1ccccc1. The number of aromatic nitrogens is 4. The molecule has 1 fully saturated rings. The lowest BCUT2D eigenvalue weighted by molar-refractivity contribution is -0.145. The van der Waals surface area contributed by atoms with Crippen molar-refractivity contribution in [3.8, 4) is 5.75 Å². The van der Waals surface area contributed by atoms with E-state index in [-0.39, 0.29) is 42.4 Å². The van der Waals surface area contributed by atoms with Gasteiger partial charge in [0, 0.05) is 6.42 Å². The van der Waals surface area contributed by atoms with Crippen molar-refractivity contribution < 1.29 is 37.4 Å². The molecule has 49 heavy (non-hydrogen) atoms. The summed E-state index contributed by atoms with van der Waals surface area (Å²) in [6, 6.07) is 7.36. The molecule has 3 heterocycles. The fourth-order valence-electron chi connectivity index (χ4n) is 5.75. The highest BCUT2D eigenvalue weighted by molar-refractivity contribution is 7.52. The normalized spacial score (nSPS) is 21.1. The largest absolute Gasteiger partial charge is 0.465 e. The van der Waals surface area contributed by atoms with E-state index >= 15 is 0 Å². The lowest BCUT2D eigenvalue weighted by atomic mass is 10.0. The van der Waals surface area contributed by atoms with Gasteiger partial charge in [0.2, 0.25) is 0 Å². The van der Waals surface area contributed by atoms with Gasteiger partial charge >= 0.3 is 19.8 Å². The zero-order valence-corrected chi connectivity index (χ0v) is 29.8. The molecule has 0 bridgehead atoms. The van der Waals surface area contributed by atoms with Crippen LogP contribution in [0.4, 0.5) is 10.2 Å². The number of nitrogens with two attached hydrogens (primary N) is 1. The highest BCUT2D eigenvalue weighted by atomic mass is 31.2. The summed E-state index contributed by atoms with van der Waals surface area (Å²) < 4.78 is 52.6. The molecule has 1 aliphatic heterocycles. The van der Waals surface area contributed by atoms with Gasteiger partial charge in [0.1, 0.15) is 23.6 Å². The predicted molar refractivity (Wildman–Crippen MR) is 184 cm³/mol. The van der Waals surface area contributed by atoms with Gasteiger partial charge in [-0.2, -0.15) is 19.4 Å². The van der Waals surface area contributed by atoms with Crippen LogP contribution in [0.3, 0.4) is 0 Å². The van der Waals surface area contributed by atoms with Gasteiger partial charge in [0.15, 0.2) is 17.0 Å². The zero-order chi connectivity index (χ0) is 35.3. The van der Waals surface area contributed by atoms with E-state index in [2.05, 4.69) is 27.0 Å². The molecule has 5 atom stereocenters. The molecule has 13 nitrogen and oxygen atoms in total. The Balaban J connectivity index is 1.27. The van der Waals surface area contributed by atoms with Crippen LogP contribution in [0, 0.1) is 6.08 Å². The number of nitrogens with zero attached hydrogens (tertiary/aromatic N) is 4. The molecule has 4 N–H and O–H groups in total. The Kier molecular flexibility index (Phi) is 14.8. The Labute approximate surface area is 288 Å². The van der Waals surface area contributed by atoms with Crippen LogP contribution < -0.4 is 15.3 Å². The number of esters is 1. The molecule has 4 rings (SSSR count). The number of benzene rings is 1. The number of halogens is 1. The van der Waals surface area contributed by atoms with Gasteiger partial charge in [0.05, 0.1) is 25.6 Å². The van der Waals surface area contributed by atoms with Crippen molar-refractivity contribution >= 4 is 30.7 Å². The predicted octanol–water partition coefficient (Wildman–Crippen LogP) is 7.01. The quantitative estimate of drug-likeness (QED) is 0.0423. The van der Waals surface area contributed by atoms with Crippen molar-refractivity contribution in [2.45, 2.75) is 128 Å². The minimum Gasteiger partial charge on any atom is -0.465 e. The molecule has 1 aliphatic rings. The van der Waals surface area contributed by atoms with Crippen LogP contribution in [-0.4, -0.2) is 61.6 Å². The average Bonchev–Trinajstić information content (AvgIpc) is 3.63. The third-order valence-corrected chi connectivity index (χ3v) is 10.3. The van der Waals surface area contributed by atoms with Crippen molar-refractivity contribution in [3.63, 3.8) is 0 Å². The number of carbonyl (C=O) groups excluding carboxylic acids is 1. The molecule has 2 aromatic heterocycles. The smallest absolute Gasteiger partial charge is 0.459 e. The van der Waals surface area contributed by atoms with Crippen LogP contribution in [0.25, 0.3) is 11.2 Å². The van der Waals surface area contributed by atoms with Gasteiger partial charge < -0.3 is 24.8 Å². The number of aliphatic hydroxyl groups is 1. The lowest BCUT2D eigenvalue weighted by Crippen LogP contribution is -2.42. The summed E-state index contributed by atoms with van der Waals surface area (Å²) in [7, 11) is -4.22. The van der Waals surface area contributed by atoms with Crippen LogP contribution in [0.1, 0.15) is 110 Å². The Morgan fingerprint density at radius 3 is 2.39 bits per heavy atom. The molecule has 0 amide bonds. The third kappa shape index (κ3) is 11.4. The first-order valence-electron chi connectivity index (χ1n) is 17.5. The van der Waals surface area contributed by atoms with E-state index in [9.17, 15) is 18.9 Å². The van der Waals surface area contributed by atoms with Gasteiger partial charge in [0.25, 0.3) is 0 Å². The number of hydrogen-bond acceptors (Lipinski definition) is 11. The highest BCUT2D eigenvalue weighted by Gasteiger charge is 2.48. The monoisotopic (exact) mass is 706 g/mol. The maximum atomic E-state index is 14.1. The molecule has 1 unspecified atom stereocenters. The van der Waals surface area contributed by atoms with E-state index in [0.29, 0.717) is 0 Å². The topological polar surface area (TPSA) is 173 Å². The molecule has 15 heteroatoms. The molecule has 1 saturated heterocycles. The number of fused-ring (bicyclic) bond motifs is 1. The second-order valence-corrected chi connectivity index (χ2v) is 14.6. The van der Waals surface area contributed by atoms with Crippen molar-refractivity contribution in [2.75, 3.05) is 18.9 Å². The fourth-order valence-corrected chi connectivity index (χ4v) is 7.34. The lowest BCUT2D eigenvalue weighted by Gasteiger charge is -2.30. The maximum absolute atomic E-state index is 14.1. The maximum Gasteiger partial charge on any atom is 0.459 e. The minimum absolute atomic E-state index is 0.0654. The van der Waals surface area contributed by atoms with E-state index in [1.807, 2.05) is 0 Å². The Morgan fingerprint density at radius 2 is 1.73 bits per heavy atom. The summed E-state index contributed by atoms with van der Waals surface area (Å²) in [6.45, 7) is 5.21. The van der Waals surface area contributed by atoms with Crippen LogP contribution >= 0.6 is 7.75 Å². The highest BCUT2D eigenvalue weighted by Crippen LogP contribution is 2.48. The van der Waals surface area contributed by atoms with Crippen LogP contribution in [0.15, 0.2) is 36.7 Å². The van der Waals surface area contributed by atoms with E-state index < -0.39 is 43.8 Å². The molecule has 0 saturated carbocycles. The van der Waals surface area contributed by atoms with Crippen molar-refractivity contribution in [2.24, 2.45) is 0 Å². The number of ether oxygens (including phenoxy) is 2. The van der Waals surface area contributed by atoms with E-state index in [0.717, 1.165) is 19.3 Å². The first kappa shape index (κ1) is 38.6. The molecule has 272 valence electrons. The van der Waals surface area contributed by atoms with Gasteiger partial charge in [-0.05, 0) is 32.4 Å². The number of hydrogen-bond donors (Lipinski definition) is 3. The summed E-state index contributed by atoms with van der Waals surface area (Å²) in [4.78, 5) is 24.3. The third-order valence-electron chi connectivity index (χ3n) is 8.70. The van der Waals surface area contributed by atoms with Gasteiger partial charge in [-0.3, -0.25) is 13.9 Å². The molecule has 1 aromatic carbocycles. The molecular weight excluding hydrogens is 654 g/mol. The number of rotatable bonds is 22.